The van der Waals surface area contributed by atoms with E-state index in [2.05, 4.69) is 18.2 Å². The van der Waals surface area contributed by atoms with Crippen LogP contribution in [0.2, 0.25) is 0 Å². The van der Waals surface area contributed by atoms with Gasteiger partial charge in [0.1, 0.15) is 0 Å². The molecule has 18 heavy (non-hydrogen) atoms. The molecule has 3 nitrogen and oxygen atoms in total. The van der Waals surface area contributed by atoms with Crippen LogP contribution in [0.1, 0.15) is 37.4 Å². The molecule has 0 aromatic heterocycles. The zero-order chi connectivity index (χ0) is 13.3. The Balaban J connectivity index is 2.16. The number of benzene rings is 1. The van der Waals surface area contributed by atoms with E-state index in [-0.39, 0.29) is 17.9 Å². The van der Waals surface area contributed by atoms with Crippen LogP contribution < -0.4 is 5.73 Å². The zero-order valence-electron chi connectivity index (χ0n) is 11.4. The van der Waals surface area contributed by atoms with Crippen molar-refractivity contribution in [2.75, 3.05) is 7.05 Å². The minimum Gasteiger partial charge on any atom is -0.337 e. The SMILES string of the molecule is CC(C)[C@H](N)C(=O)N(C)C1CCc2ccccc21. The maximum absolute atomic E-state index is 12.3. The number of nitrogens with zero attached hydrogens (tertiary/aromatic N) is 1. The minimum absolute atomic E-state index is 0.0479. The summed E-state index contributed by atoms with van der Waals surface area (Å²) in [6.07, 6.45) is 2.06. The van der Waals surface area contributed by atoms with E-state index < -0.39 is 6.04 Å². The number of carbonyl (C=O) groups excluding carboxylic acids is 1. The van der Waals surface area contributed by atoms with Crippen molar-refractivity contribution >= 4 is 5.91 Å². The molecule has 1 amide bonds. The van der Waals surface area contributed by atoms with Crippen molar-refractivity contribution < 1.29 is 4.79 Å². The van der Waals surface area contributed by atoms with E-state index in [9.17, 15) is 4.79 Å². The van der Waals surface area contributed by atoms with Gasteiger partial charge in [-0.25, -0.2) is 0 Å². The van der Waals surface area contributed by atoms with E-state index in [0.29, 0.717) is 0 Å². The number of nitrogens with two attached hydrogens (primary N) is 1. The van der Waals surface area contributed by atoms with E-state index in [0.717, 1.165) is 12.8 Å². The van der Waals surface area contributed by atoms with Gasteiger partial charge in [0.2, 0.25) is 5.91 Å². The summed E-state index contributed by atoms with van der Waals surface area (Å²) in [6.45, 7) is 3.97. The Hall–Kier alpha value is -1.35. The van der Waals surface area contributed by atoms with E-state index in [1.807, 2.05) is 31.9 Å². The van der Waals surface area contributed by atoms with Crippen molar-refractivity contribution in [1.29, 1.82) is 0 Å². The molecule has 1 aliphatic rings. The van der Waals surface area contributed by atoms with Gasteiger partial charge < -0.3 is 10.6 Å². The maximum Gasteiger partial charge on any atom is 0.240 e. The summed E-state index contributed by atoms with van der Waals surface area (Å²) in [5.41, 5.74) is 8.60. The molecule has 0 fully saturated rings. The Morgan fingerprint density at radius 3 is 2.72 bits per heavy atom. The average molecular weight is 246 g/mol. The molecule has 3 heteroatoms. The topological polar surface area (TPSA) is 46.3 Å². The first-order chi connectivity index (χ1) is 8.52. The van der Waals surface area contributed by atoms with Gasteiger partial charge in [-0.05, 0) is 29.9 Å². The van der Waals surface area contributed by atoms with Crippen LogP contribution in [-0.4, -0.2) is 23.9 Å². The number of hydrogen-bond donors (Lipinski definition) is 1. The van der Waals surface area contributed by atoms with Crippen LogP contribution in [0.4, 0.5) is 0 Å². The Morgan fingerprint density at radius 2 is 2.06 bits per heavy atom. The molecule has 0 saturated carbocycles. The summed E-state index contributed by atoms with van der Waals surface area (Å²) in [7, 11) is 1.87. The van der Waals surface area contributed by atoms with Crippen LogP contribution in [-0.2, 0) is 11.2 Å². The van der Waals surface area contributed by atoms with Gasteiger partial charge in [-0.2, -0.15) is 0 Å². The molecule has 2 atom stereocenters. The molecule has 0 radical (unpaired) electrons. The number of amides is 1. The molecule has 98 valence electrons. The highest BCUT2D eigenvalue weighted by Gasteiger charge is 2.31. The first-order valence-electron chi connectivity index (χ1n) is 6.62. The smallest absolute Gasteiger partial charge is 0.240 e. The van der Waals surface area contributed by atoms with Gasteiger partial charge in [-0.1, -0.05) is 38.1 Å². The third kappa shape index (κ3) is 2.27. The zero-order valence-corrected chi connectivity index (χ0v) is 11.4. The number of carbonyl (C=O) groups is 1. The van der Waals surface area contributed by atoms with Crippen molar-refractivity contribution in [2.24, 2.45) is 11.7 Å². The van der Waals surface area contributed by atoms with Crippen molar-refractivity contribution in [3.8, 4) is 0 Å². The predicted octanol–water partition coefficient (Wildman–Crippen LogP) is 2.12. The highest BCUT2D eigenvalue weighted by Crippen LogP contribution is 2.35. The van der Waals surface area contributed by atoms with Gasteiger partial charge in [-0.15, -0.1) is 0 Å². The lowest BCUT2D eigenvalue weighted by atomic mass is 10.0. The van der Waals surface area contributed by atoms with Gasteiger partial charge in [0.05, 0.1) is 12.1 Å². The predicted molar refractivity (Wildman–Crippen MR) is 73.1 cm³/mol. The molecule has 1 unspecified atom stereocenters. The number of hydrogen-bond acceptors (Lipinski definition) is 2. The molecule has 1 aromatic carbocycles. The van der Waals surface area contributed by atoms with Crippen LogP contribution in [0.5, 0.6) is 0 Å². The molecule has 0 heterocycles. The summed E-state index contributed by atoms with van der Waals surface area (Å²) in [5.74, 6) is 0.225. The molecule has 0 bridgehead atoms. The van der Waals surface area contributed by atoms with Crippen LogP contribution >= 0.6 is 0 Å². The highest BCUT2D eigenvalue weighted by molar-refractivity contribution is 5.82. The standard InChI is InChI=1S/C15H22N2O/c1-10(2)14(16)15(18)17(3)13-9-8-11-6-4-5-7-12(11)13/h4-7,10,13-14H,8-9,16H2,1-3H3/t13?,14-/m0/s1. The quantitative estimate of drug-likeness (QED) is 0.888. The molecule has 0 saturated heterocycles. The van der Waals surface area contributed by atoms with Crippen LogP contribution in [0, 0.1) is 5.92 Å². The lowest BCUT2D eigenvalue weighted by molar-refractivity contribution is -0.134. The molecular formula is C15H22N2O. The van der Waals surface area contributed by atoms with Crippen molar-refractivity contribution in [1.82, 2.24) is 4.90 Å². The lowest BCUT2D eigenvalue weighted by Gasteiger charge is -2.29. The largest absolute Gasteiger partial charge is 0.337 e. The van der Waals surface area contributed by atoms with Gasteiger partial charge in [-0.3, -0.25) is 4.79 Å². The lowest BCUT2D eigenvalue weighted by Crippen LogP contribution is -2.45. The van der Waals surface area contributed by atoms with Crippen molar-refractivity contribution in [2.45, 2.75) is 38.8 Å². The second-order valence-corrected chi connectivity index (χ2v) is 5.47. The van der Waals surface area contributed by atoms with Crippen LogP contribution in [0.15, 0.2) is 24.3 Å². The first-order valence-corrected chi connectivity index (χ1v) is 6.62. The summed E-state index contributed by atoms with van der Waals surface area (Å²) in [6, 6.07) is 8.16. The molecule has 1 aliphatic carbocycles. The van der Waals surface area contributed by atoms with Gasteiger partial charge in [0.15, 0.2) is 0 Å². The van der Waals surface area contributed by atoms with Gasteiger partial charge >= 0.3 is 0 Å². The molecule has 1 aromatic rings. The van der Waals surface area contributed by atoms with E-state index in [4.69, 9.17) is 5.73 Å². The highest BCUT2D eigenvalue weighted by atomic mass is 16.2. The molecule has 2 rings (SSSR count). The Bertz CT molecular complexity index is 442. The number of aryl methyl sites for hydroxylation is 1. The second kappa shape index (κ2) is 5.11. The third-order valence-corrected chi connectivity index (χ3v) is 3.92. The fourth-order valence-corrected chi connectivity index (χ4v) is 2.61. The molecule has 0 spiro atoms. The van der Waals surface area contributed by atoms with Crippen LogP contribution in [0.3, 0.4) is 0 Å². The van der Waals surface area contributed by atoms with Gasteiger partial charge in [0.25, 0.3) is 0 Å². The summed E-state index contributed by atoms with van der Waals surface area (Å²) >= 11 is 0. The molecule has 2 N–H and O–H groups in total. The fraction of sp³-hybridized carbons (Fsp3) is 0.533. The fourth-order valence-electron chi connectivity index (χ4n) is 2.61. The number of likely N-dealkylation sites (N-methyl/N-ethyl adjacent to an activating group) is 1. The van der Waals surface area contributed by atoms with Crippen molar-refractivity contribution in [3.63, 3.8) is 0 Å². The average Bonchev–Trinajstić information content (AvgIpc) is 2.79. The second-order valence-electron chi connectivity index (χ2n) is 5.47. The molecular weight excluding hydrogens is 224 g/mol. The van der Waals surface area contributed by atoms with Crippen molar-refractivity contribution in [3.05, 3.63) is 35.4 Å². The summed E-state index contributed by atoms with van der Waals surface area (Å²) in [5, 5.41) is 0. The maximum atomic E-state index is 12.3. The number of fused-ring (bicyclic) bond motifs is 1. The normalized spacial score (nSPS) is 19.7. The third-order valence-electron chi connectivity index (χ3n) is 3.92. The molecule has 0 aliphatic heterocycles. The Labute approximate surface area is 109 Å². The van der Waals surface area contributed by atoms with E-state index in [1.54, 1.807) is 0 Å². The van der Waals surface area contributed by atoms with Gasteiger partial charge in [0, 0.05) is 7.05 Å². The van der Waals surface area contributed by atoms with Crippen LogP contribution in [0.25, 0.3) is 0 Å². The Morgan fingerprint density at radius 1 is 1.39 bits per heavy atom. The minimum atomic E-state index is -0.400. The first kappa shape index (κ1) is 13.1. The Kier molecular flexibility index (Phi) is 3.71. The van der Waals surface area contributed by atoms with E-state index >= 15 is 0 Å². The summed E-state index contributed by atoms with van der Waals surface area (Å²) in [4.78, 5) is 14.1. The monoisotopic (exact) mass is 246 g/mol. The summed E-state index contributed by atoms with van der Waals surface area (Å²) < 4.78 is 0. The number of rotatable bonds is 3. The van der Waals surface area contributed by atoms with E-state index in [1.165, 1.54) is 11.1 Å².